The lowest BCUT2D eigenvalue weighted by molar-refractivity contribution is 0.0440. The van der Waals surface area contributed by atoms with Crippen molar-refractivity contribution in [3.05, 3.63) is 118 Å². The molecule has 6 saturated carbocycles. The number of aryl methyl sites for hydroxylation is 4. The molecule has 0 radical (unpaired) electrons. The van der Waals surface area contributed by atoms with Gasteiger partial charge in [-0.25, -0.2) is 4.99 Å². The fourth-order valence-corrected chi connectivity index (χ4v) is 23.8. The van der Waals surface area contributed by atoms with Gasteiger partial charge in [-0.05, 0) is 227 Å². The van der Waals surface area contributed by atoms with Crippen LogP contribution in [0.4, 0.5) is 0 Å². The number of aliphatic imine (C=N–C) groups is 1. The van der Waals surface area contributed by atoms with E-state index in [4.69, 9.17) is 25.6 Å². The largest absolute Gasteiger partial charge is 0.504 e. The highest BCUT2D eigenvalue weighted by molar-refractivity contribution is 8.76. The fourth-order valence-electron chi connectivity index (χ4n) is 20.9. The van der Waals surface area contributed by atoms with Gasteiger partial charge in [-0.3, -0.25) is 0 Å². The summed E-state index contributed by atoms with van der Waals surface area (Å²) < 4.78 is 12.9. The highest BCUT2D eigenvalue weighted by Crippen LogP contribution is 2.72. The van der Waals surface area contributed by atoms with Crippen molar-refractivity contribution in [2.75, 3.05) is 31.2 Å². The number of aromatic nitrogens is 1. The molecule has 3 heterocycles. The van der Waals surface area contributed by atoms with Crippen LogP contribution in [0.3, 0.4) is 0 Å². The van der Waals surface area contributed by atoms with Crippen molar-refractivity contribution in [2.45, 2.75) is 230 Å². The third-order valence-corrected chi connectivity index (χ3v) is 27.9. The second-order valence-corrected chi connectivity index (χ2v) is 33.0. The molecule has 0 amide bonds. The number of allylic oxidation sites excluding steroid dienone is 2. The molecule has 14 rings (SSSR count). The monoisotopic (exact) mass is 1250 g/mol. The van der Waals surface area contributed by atoms with E-state index in [2.05, 4.69) is 71.1 Å². The number of aromatic amines is 1. The Labute approximate surface area is 540 Å². The standard InChI is InChI=1S/C75H108N6O6S2/c1-47-14-22-57-52-35-50(17-23-58(57)60(63(76)38-52)45-88-89-46-65(47)81-72(77)79-55-26-33-73(28-6-7-29-73)54(39-55)20-15-49-11-4-3-5-12-49)19-25-68-53(43-82)37-56(87-68)21-16-51-18-24-66(84)69(36-51)86-44-67(85)64-40-59-62(42-78-41-48(2)83)75-32-10-13-70(75)74(30-8-9-31-74)61(27-34-75)71(59)80-64/h3-5,11-12,18,24,27,34,36-37,40,47-48,50,52,54-55,57-58,60-63,65,67,70,78,80,82-85H,6-10,13-17,19-23,25-26,28-33,35,38-39,41-46,76H2,1-2H3,(H3,77,79,81). The number of hydrogen-bond donors (Lipinski definition) is 9. The normalized spacial score (nSPS) is 33.7. The summed E-state index contributed by atoms with van der Waals surface area (Å²) in [7, 11) is 4.03. The van der Waals surface area contributed by atoms with Crippen LogP contribution in [0.5, 0.6) is 11.5 Å². The molecule has 486 valence electrons. The summed E-state index contributed by atoms with van der Waals surface area (Å²) in [5.41, 5.74) is 21.7. The minimum atomic E-state index is -0.916. The van der Waals surface area contributed by atoms with Gasteiger partial charge in [0.2, 0.25) is 0 Å². The fraction of sp³-hybridized carbons (Fsp3) is 0.693. The van der Waals surface area contributed by atoms with Crippen molar-refractivity contribution in [1.82, 2.24) is 15.6 Å². The van der Waals surface area contributed by atoms with Crippen LogP contribution in [0.1, 0.15) is 218 Å². The van der Waals surface area contributed by atoms with Gasteiger partial charge in [-0.15, -0.1) is 0 Å². The number of nitrogens with two attached hydrogens (primary N) is 2. The van der Waals surface area contributed by atoms with Gasteiger partial charge in [-0.2, -0.15) is 0 Å². The van der Waals surface area contributed by atoms with Gasteiger partial charge in [0, 0.05) is 78.3 Å². The Hall–Kier alpha value is -3.89. The molecule has 2 aromatic heterocycles. The van der Waals surface area contributed by atoms with Crippen LogP contribution in [-0.4, -0.2) is 86.8 Å². The second-order valence-electron chi connectivity index (χ2n) is 30.4. The van der Waals surface area contributed by atoms with Gasteiger partial charge < -0.3 is 56.7 Å². The maximum atomic E-state index is 11.9. The van der Waals surface area contributed by atoms with E-state index in [9.17, 15) is 20.4 Å². The Balaban J connectivity index is 0.609. The molecule has 89 heavy (non-hydrogen) atoms. The smallest absolute Gasteiger partial charge is 0.189 e. The van der Waals surface area contributed by atoms with E-state index in [-0.39, 0.29) is 47.8 Å². The zero-order valence-electron chi connectivity index (χ0n) is 53.7. The topological polar surface area (TPSA) is 208 Å². The Morgan fingerprint density at radius 1 is 0.820 bits per heavy atom. The van der Waals surface area contributed by atoms with Crippen molar-refractivity contribution < 1.29 is 29.6 Å². The van der Waals surface area contributed by atoms with Gasteiger partial charge in [0.25, 0.3) is 0 Å². The Kier molecular flexibility index (Phi) is 20.1. The van der Waals surface area contributed by atoms with E-state index in [1.807, 2.05) is 46.7 Å². The molecule has 10 aliphatic rings. The lowest BCUT2D eigenvalue weighted by atomic mass is 9.52. The number of hydrogen-bond acceptors (Lipinski definition) is 11. The molecule has 12 nitrogen and oxygen atoms in total. The van der Waals surface area contributed by atoms with Gasteiger partial charge >= 0.3 is 0 Å². The van der Waals surface area contributed by atoms with Gasteiger partial charge in [0.15, 0.2) is 17.5 Å². The summed E-state index contributed by atoms with van der Waals surface area (Å²) in [4.78, 5) is 9.16. The first-order valence-corrected chi connectivity index (χ1v) is 38.1. The zero-order valence-corrected chi connectivity index (χ0v) is 55.4. The molecule has 16 unspecified atom stereocenters. The number of nitrogens with one attached hydrogen (secondary N) is 3. The summed E-state index contributed by atoms with van der Waals surface area (Å²) in [6.07, 6.45) is 34.6. The molecule has 1 aliphatic heterocycles. The molecule has 3 spiro atoms. The van der Waals surface area contributed by atoms with Gasteiger partial charge in [0.05, 0.1) is 18.8 Å². The number of aliphatic hydroxyl groups excluding tert-OH is 3. The molecule has 14 heteroatoms. The van der Waals surface area contributed by atoms with Crippen molar-refractivity contribution >= 4 is 27.5 Å². The Morgan fingerprint density at radius 3 is 2.45 bits per heavy atom. The van der Waals surface area contributed by atoms with Crippen molar-refractivity contribution in [2.24, 2.45) is 80.0 Å². The number of guanidine groups is 1. The summed E-state index contributed by atoms with van der Waals surface area (Å²) in [6.45, 7) is 5.57. The summed E-state index contributed by atoms with van der Waals surface area (Å²) in [6, 6.07) is 21.7. The molecule has 9 aliphatic carbocycles. The molecule has 4 aromatic rings. The molecule has 6 bridgehead atoms. The maximum absolute atomic E-state index is 11.9. The van der Waals surface area contributed by atoms with Crippen LogP contribution in [0, 0.1) is 63.6 Å². The molecule has 16 atom stereocenters. The van der Waals surface area contributed by atoms with E-state index in [0.717, 1.165) is 78.0 Å². The first kappa shape index (κ1) is 63.8. The van der Waals surface area contributed by atoms with Crippen LogP contribution in [-0.2, 0) is 32.3 Å². The quantitative estimate of drug-likeness (QED) is 0.0175. The lowest BCUT2D eigenvalue weighted by Gasteiger charge is -2.52. The molecule has 7 fully saturated rings. The van der Waals surface area contributed by atoms with Crippen LogP contribution in [0.15, 0.2) is 82.2 Å². The molecular weight excluding hydrogens is 1140 g/mol. The van der Waals surface area contributed by atoms with Crippen molar-refractivity contribution in [3.63, 3.8) is 0 Å². The predicted octanol–water partition coefficient (Wildman–Crippen LogP) is 14.1. The number of H-pyrrole nitrogens is 1. The molecular formula is C75H108N6O6S2. The van der Waals surface area contributed by atoms with E-state index in [0.29, 0.717) is 89.9 Å². The minimum absolute atomic E-state index is 0.00194. The van der Waals surface area contributed by atoms with Crippen LogP contribution >= 0.6 is 21.6 Å². The van der Waals surface area contributed by atoms with E-state index in [1.165, 1.54) is 145 Å². The van der Waals surface area contributed by atoms with E-state index in [1.54, 1.807) is 6.07 Å². The average Bonchev–Trinajstić information content (AvgIpc) is 1.54. The SMILES string of the molecule is CC(O)CNCC1c2cc(C(O)COc3cc(CCc4cc(CO)c(CCC5CCC6C7CSSCC(N=C(N)NC8CCC9(CCCC9)C(CCc9ccccc9)C8)C(C)CCC6C(C5)CC7N)o4)ccc3O)[nH]c2C2C=CC13CCCC3C21CCCC1. The van der Waals surface area contributed by atoms with Gasteiger partial charge in [0.1, 0.15) is 24.2 Å². The molecule has 11 N–H and O–H groups in total. The van der Waals surface area contributed by atoms with Crippen LogP contribution in [0.2, 0.25) is 0 Å². The third-order valence-electron chi connectivity index (χ3n) is 25.4. The first-order chi connectivity index (χ1) is 43.3. The molecule has 1 saturated heterocycles. The van der Waals surface area contributed by atoms with Crippen LogP contribution in [0.25, 0.3) is 0 Å². The third kappa shape index (κ3) is 13.5. The number of aromatic hydroxyl groups is 1. The average molecular weight is 1250 g/mol. The van der Waals surface area contributed by atoms with Gasteiger partial charge in [-0.1, -0.05) is 116 Å². The number of phenols is 1. The number of aliphatic hydroxyl groups is 3. The number of furan rings is 1. The van der Waals surface area contributed by atoms with E-state index < -0.39 is 12.2 Å². The lowest BCUT2D eigenvalue weighted by Crippen LogP contribution is -2.48. The van der Waals surface area contributed by atoms with Crippen LogP contribution < -0.4 is 26.8 Å². The number of nitrogens with zero attached hydrogens (tertiary/aromatic N) is 1. The number of benzene rings is 2. The summed E-state index contributed by atoms with van der Waals surface area (Å²) >= 11 is 0. The highest BCUT2D eigenvalue weighted by Gasteiger charge is 2.64. The summed E-state index contributed by atoms with van der Waals surface area (Å²) in [5.74, 6) is 10.4. The number of ether oxygens (including phenoxy) is 1. The number of phenolic OH excluding ortho intramolecular Hbond substituents is 1. The molecule has 2 aromatic carbocycles. The first-order valence-electron chi connectivity index (χ1n) is 35.6. The Bertz CT molecular complexity index is 3040. The number of rotatable bonds is 20. The maximum Gasteiger partial charge on any atom is 0.189 e. The van der Waals surface area contributed by atoms with Crippen molar-refractivity contribution in [3.8, 4) is 11.5 Å². The van der Waals surface area contributed by atoms with E-state index >= 15 is 0 Å². The second kappa shape index (κ2) is 28.0. The zero-order chi connectivity index (χ0) is 61.3. The van der Waals surface area contributed by atoms with Crippen molar-refractivity contribution in [1.29, 1.82) is 0 Å². The Morgan fingerprint density at radius 2 is 1.63 bits per heavy atom. The predicted molar refractivity (Wildman–Crippen MR) is 362 cm³/mol. The highest BCUT2D eigenvalue weighted by atomic mass is 33.1. The minimum Gasteiger partial charge on any atom is -0.504 e. The summed E-state index contributed by atoms with van der Waals surface area (Å²) in [5, 5.41) is 51.2.